The van der Waals surface area contributed by atoms with Gasteiger partial charge >= 0.3 is 0 Å². The molecular weight excluding hydrogens is 311 g/mol. The van der Waals surface area contributed by atoms with Gasteiger partial charge in [0.05, 0.1) is 5.02 Å². The Morgan fingerprint density at radius 3 is 2.67 bits per heavy atom. The van der Waals surface area contributed by atoms with E-state index in [-0.39, 0.29) is 18.2 Å². The van der Waals surface area contributed by atoms with Crippen molar-refractivity contribution in [1.82, 2.24) is 0 Å². The number of benzene rings is 2. The lowest BCUT2D eigenvalue weighted by molar-refractivity contribution is 0.0896. The Morgan fingerprint density at radius 1 is 1.10 bits per heavy atom. The number of fused-ring (bicyclic) bond motifs is 1. The van der Waals surface area contributed by atoms with Crippen LogP contribution in [0.1, 0.15) is 10.6 Å². The average Bonchev–Trinajstić information content (AvgIpc) is 2.90. The molecule has 3 rings (SSSR count). The third-order valence-corrected chi connectivity index (χ3v) is 3.48. The van der Waals surface area contributed by atoms with Crippen molar-refractivity contribution in [3.05, 3.63) is 64.3 Å². The van der Waals surface area contributed by atoms with Crippen LogP contribution < -0.4 is 4.74 Å². The fourth-order valence-corrected chi connectivity index (χ4v) is 2.39. The van der Waals surface area contributed by atoms with Crippen LogP contribution in [-0.2, 0) is 0 Å². The minimum absolute atomic E-state index is 0.152. The van der Waals surface area contributed by atoms with Crippen molar-refractivity contribution in [2.45, 2.75) is 0 Å². The number of rotatable bonds is 4. The first kappa shape index (κ1) is 14.0. The summed E-state index contributed by atoms with van der Waals surface area (Å²) >= 11 is 11.8. The highest BCUT2D eigenvalue weighted by atomic mass is 35.5. The third-order valence-electron chi connectivity index (χ3n) is 2.95. The predicted molar refractivity (Wildman–Crippen MR) is 82.5 cm³/mol. The van der Waals surface area contributed by atoms with Crippen LogP contribution >= 0.6 is 23.2 Å². The van der Waals surface area contributed by atoms with Gasteiger partial charge in [-0.25, -0.2) is 0 Å². The fourth-order valence-electron chi connectivity index (χ4n) is 1.93. The third kappa shape index (κ3) is 3.04. The summed E-state index contributed by atoms with van der Waals surface area (Å²) in [6, 6.07) is 14.0. The molecule has 0 radical (unpaired) electrons. The average molecular weight is 321 g/mol. The Morgan fingerprint density at radius 2 is 1.90 bits per heavy atom. The van der Waals surface area contributed by atoms with Crippen molar-refractivity contribution in [3.8, 4) is 5.75 Å². The summed E-state index contributed by atoms with van der Waals surface area (Å²) in [5.41, 5.74) is 0.672. The molecule has 0 saturated heterocycles. The first-order valence-electron chi connectivity index (χ1n) is 6.23. The minimum atomic E-state index is -0.253. The lowest BCUT2D eigenvalue weighted by atomic mass is 10.2. The monoisotopic (exact) mass is 320 g/mol. The molecule has 0 atom stereocenters. The number of halogens is 2. The van der Waals surface area contributed by atoms with Crippen LogP contribution in [-0.4, -0.2) is 12.4 Å². The van der Waals surface area contributed by atoms with E-state index in [1.165, 1.54) is 0 Å². The molecule has 3 aromatic rings. The Labute approximate surface area is 131 Å². The van der Waals surface area contributed by atoms with Crippen molar-refractivity contribution < 1.29 is 13.9 Å². The van der Waals surface area contributed by atoms with Gasteiger partial charge in [-0.15, -0.1) is 0 Å². The second kappa shape index (κ2) is 5.80. The van der Waals surface area contributed by atoms with Gasteiger partial charge < -0.3 is 9.15 Å². The molecule has 0 saturated carbocycles. The maximum absolute atomic E-state index is 12.1. The van der Waals surface area contributed by atoms with Crippen LogP contribution in [0.15, 0.2) is 52.9 Å². The molecule has 106 valence electrons. The van der Waals surface area contributed by atoms with E-state index in [0.717, 1.165) is 5.39 Å². The summed E-state index contributed by atoms with van der Waals surface area (Å²) in [7, 11) is 0. The van der Waals surface area contributed by atoms with Gasteiger partial charge in [0.1, 0.15) is 11.3 Å². The second-order valence-corrected chi connectivity index (χ2v) is 5.28. The van der Waals surface area contributed by atoms with Gasteiger partial charge in [-0.1, -0.05) is 41.4 Å². The largest absolute Gasteiger partial charge is 0.484 e. The Kier molecular flexibility index (Phi) is 3.86. The van der Waals surface area contributed by atoms with E-state index in [1.54, 1.807) is 24.3 Å². The lowest BCUT2D eigenvalue weighted by Gasteiger charge is -2.06. The highest BCUT2D eigenvalue weighted by molar-refractivity contribution is 6.35. The first-order chi connectivity index (χ1) is 10.1. The molecule has 0 spiro atoms. The zero-order chi connectivity index (χ0) is 14.8. The van der Waals surface area contributed by atoms with E-state index >= 15 is 0 Å². The first-order valence-corrected chi connectivity index (χ1v) is 6.99. The summed E-state index contributed by atoms with van der Waals surface area (Å²) in [6.45, 7) is -0.152. The zero-order valence-corrected chi connectivity index (χ0v) is 12.3. The Hall–Kier alpha value is -1.97. The van der Waals surface area contributed by atoms with Gasteiger partial charge in [-0.2, -0.15) is 0 Å². The van der Waals surface area contributed by atoms with Gasteiger partial charge in [-0.3, -0.25) is 4.79 Å². The lowest BCUT2D eigenvalue weighted by Crippen LogP contribution is -2.10. The SMILES string of the molecule is O=C(COc1ccc(Cl)cc1Cl)c1cc2ccccc2o1. The molecule has 3 nitrogen and oxygen atoms in total. The molecule has 5 heteroatoms. The van der Waals surface area contributed by atoms with Crippen molar-refractivity contribution >= 4 is 40.0 Å². The Balaban J connectivity index is 1.74. The molecule has 0 aliphatic carbocycles. The highest BCUT2D eigenvalue weighted by Crippen LogP contribution is 2.27. The quantitative estimate of drug-likeness (QED) is 0.635. The molecule has 0 fully saturated rings. The molecular formula is C16H10Cl2O3. The summed E-state index contributed by atoms with van der Waals surface area (Å²) in [5.74, 6) is 0.420. The minimum Gasteiger partial charge on any atom is -0.484 e. The Bertz CT molecular complexity index is 775. The van der Waals surface area contributed by atoms with Crippen LogP contribution in [0.2, 0.25) is 10.0 Å². The number of hydrogen-bond donors (Lipinski definition) is 0. The number of carbonyl (C=O) groups is 1. The van der Waals surface area contributed by atoms with Crippen molar-refractivity contribution in [1.29, 1.82) is 0 Å². The van der Waals surface area contributed by atoms with E-state index in [9.17, 15) is 4.79 Å². The van der Waals surface area contributed by atoms with Crippen molar-refractivity contribution in [2.75, 3.05) is 6.61 Å². The second-order valence-electron chi connectivity index (χ2n) is 4.44. The van der Waals surface area contributed by atoms with E-state index in [0.29, 0.717) is 21.4 Å². The number of ketones is 1. The molecule has 0 amide bonds. The van der Waals surface area contributed by atoms with Gasteiger partial charge in [0.25, 0.3) is 0 Å². The number of furan rings is 1. The van der Waals surface area contributed by atoms with Crippen LogP contribution in [0.3, 0.4) is 0 Å². The number of hydrogen-bond acceptors (Lipinski definition) is 3. The van der Waals surface area contributed by atoms with Gasteiger partial charge in [-0.05, 0) is 30.3 Å². The maximum Gasteiger partial charge on any atom is 0.235 e. The van der Waals surface area contributed by atoms with E-state index in [1.807, 2.05) is 24.3 Å². The smallest absolute Gasteiger partial charge is 0.235 e. The van der Waals surface area contributed by atoms with Crippen LogP contribution in [0.4, 0.5) is 0 Å². The van der Waals surface area contributed by atoms with Gasteiger partial charge in [0.15, 0.2) is 12.4 Å². The van der Waals surface area contributed by atoms with Crippen LogP contribution in [0.5, 0.6) is 5.75 Å². The molecule has 1 aromatic heterocycles. The molecule has 0 aliphatic rings. The van der Waals surface area contributed by atoms with E-state index < -0.39 is 0 Å². The van der Waals surface area contributed by atoms with Crippen LogP contribution in [0, 0.1) is 0 Å². The molecule has 0 bridgehead atoms. The summed E-state index contributed by atoms with van der Waals surface area (Å²) in [5, 5.41) is 1.75. The predicted octanol–water partition coefficient (Wildman–Crippen LogP) is 5.00. The van der Waals surface area contributed by atoms with Crippen molar-refractivity contribution in [2.24, 2.45) is 0 Å². The molecule has 0 unspecified atom stereocenters. The van der Waals surface area contributed by atoms with Gasteiger partial charge in [0, 0.05) is 10.4 Å². The van der Waals surface area contributed by atoms with E-state index in [2.05, 4.69) is 0 Å². The van der Waals surface area contributed by atoms with Crippen molar-refractivity contribution in [3.63, 3.8) is 0 Å². The van der Waals surface area contributed by atoms with Crippen LogP contribution in [0.25, 0.3) is 11.0 Å². The highest BCUT2D eigenvalue weighted by Gasteiger charge is 2.13. The van der Waals surface area contributed by atoms with E-state index in [4.69, 9.17) is 32.4 Å². The number of carbonyl (C=O) groups excluding carboxylic acids is 1. The summed E-state index contributed by atoms with van der Waals surface area (Å²) in [4.78, 5) is 12.1. The standard InChI is InChI=1S/C16H10Cl2O3/c17-11-5-6-15(12(18)8-11)20-9-13(19)16-7-10-3-1-2-4-14(10)21-16/h1-8H,9H2. The maximum atomic E-state index is 12.1. The summed E-state index contributed by atoms with van der Waals surface area (Å²) in [6.07, 6.45) is 0. The van der Waals surface area contributed by atoms with Gasteiger partial charge in [0.2, 0.25) is 5.78 Å². The number of para-hydroxylation sites is 1. The number of ether oxygens (including phenoxy) is 1. The molecule has 1 heterocycles. The zero-order valence-electron chi connectivity index (χ0n) is 10.8. The number of Topliss-reactive ketones (excluding diaryl/α,β-unsaturated/α-hetero) is 1. The molecule has 21 heavy (non-hydrogen) atoms. The fraction of sp³-hybridized carbons (Fsp3) is 0.0625. The molecule has 0 aliphatic heterocycles. The summed E-state index contributed by atoms with van der Waals surface area (Å²) < 4.78 is 10.9. The molecule has 0 N–H and O–H groups in total. The topological polar surface area (TPSA) is 39.4 Å². The molecule has 2 aromatic carbocycles. The normalized spacial score (nSPS) is 10.8.